The number of thiophene rings is 1. The molecule has 2 rings (SSSR count). The highest BCUT2D eigenvalue weighted by Gasteiger charge is 2.33. The van der Waals surface area contributed by atoms with Gasteiger partial charge in [0.2, 0.25) is 0 Å². The van der Waals surface area contributed by atoms with Crippen LogP contribution < -0.4 is 0 Å². The summed E-state index contributed by atoms with van der Waals surface area (Å²) in [5, 5.41) is 9.11. The van der Waals surface area contributed by atoms with Crippen molar-refractivity contribution < 1.29 is 5.11 Å². The molecule has 0 aromatic carbocycles. The third-order valence-electron chi connectivity index (χ3n) is 4.16. The summed E-state index contributed by atoms with van der Waals surface area (Å²) >= 11 is 2.02. The van der Waals surface area contributed by atoms with E-state index in [-0.39, 0.29) is 5.41 Å². The molecule has 2 heteroatoms. The minimum Gasteiger partial charge on any atom is -0.396 e. The van der Waals surface area contributed by atoms with E-state index in [9.17, 15) is 0 Å². The van der Waals surface area contributed by atoms with Crippen molar-refractivity contribution in [2.24, 2.45) is 5.41 Å². The Balaban J connectivity index is 2.44. The van der Waals surface area contributed by atoms with E-state index in [4.69, 9.17) is 5.11 Å². The maximum absolute atomic E-state index is 9.11. The predicted octanol–water partition coefficient (Wildman–Crippen LogP) is 4.49. The SMILES string of the molecule is CC1(C)CCc2sc(CCCO)c(C(C)(C)C)c2C1. The lowest BCUT2D eigenvalue weighted by atomic mass is 9.72. The van der Waals surface area contributed by atoms with E-state index in [1.165, 1.54) is 24.1 Å². The quantitative estimate of drug-likeness (QED) is 0.865. The van der Waals surface area contributed by atoms with Gasteiger partial charge in [-0.05, 0) is 54.1 Å². The van der Waals surface area contributed by atoms with Crippen LogP contribution in [-0.2, 0) is 24.7 Å². The molecule has 1 aromatic rings. The predicted molar refractivity (Wildman–Crippen MR) is 84.2 cm³/mol. The van der Waals surface area contributed by atoms with Crippen LogP contribution in [0.2, 0.25) is 0 Å². The van der Waals surface area contributed by atoms with Crippen LogP contribution in [0.3, 0.4) is 0 Å². The summed E-state index contributed by atoms with van der Waals surface area (Å²) in [6.07, 6.45) is 5.72. The first kappa shape index (κ1) is 15.1. The van der Waals surface area contributed by atoms with Gasteiger partial charge < -0.3 is 5.11 Å². The van der Waals surface area contributed by atoms with Crippen LogP contribution in [0.25, 0.3) is 0 Å². The summed E-state index contributed by atoms with van der Waals surface area (Å²) in [6.45, 7) is 12.1. The molecule has 1 heterocycles. The molecule has 1 aromatic heterocycles. The van der Waals surface area contributed by atoms with Gasteiger partial charge in [-0.15, -0.1) is 11.3 Å². The molecule has 0 amide bonds. The first-order valence-electron chi connectivity index (χ1n) is 7.49. The average Bonchev–Trinajstić information content (AvgIpc) is 2.61. The van der Waals surface area contributed by atoms with Gasteiger partial charge in [0.25, 0.3) is 0 Å². The fourth-order valence-corrected chi connectivity index (χ4v) is 4.84. The molecule has 0 saturated carbocycles. The standard InChI is InChI=1S/C17H28OS/c1-16(2,3)15-12-11-17(4,5)9-8-13(12)19-14(15)7-6-10-18/h18H,6-11H2,1-5H3. The van der Waals surface area contributed by atoms with Crippen LogP contribution in [0.15, 0.2) is 0 Å². The lowest BCUT2D eigenvalue weighted by molar-refractivity contribution is 0.288. The molecule has 19 heavy (non-hydrogen) atoms. The highest BCUT2D eigenvalue weighted by atomic mass is 32.1. The number of rotatable bonds is 3. The number of hydrogen-bond acceptors (Lipinski definition) is 2. The number of aryl methyl sites for hydroxylation is 2. The summed E-state index contributed by atoms with van der Waals surface area (Å²) in [5.41, 5.74) is 3.90. The third kappa shape index (κ3) is 3.22. The van der Waals surface area contributed by atoms with Gasteiger partial charge in [-0.25, -0.2) is 0 Å². The van der Waals surface area contributed by atoms with Crippen LogP contribution >= 0.6 is 11.3 Å². The molecular weight excluding hydrogens is 252 g/mol. The molecule has 0 spiro atoms. The van der Waals surface area contributed by atoms with Crippen LogP contribution in [0.5, 0.6) is 0 Å². The first-order chi connectivity index (χ1) is 8.74. The summed E-state index contributed by atoms with van der Waals surface area (Å²) in [6, 6.07) is 0. The third-order valence-corrected chi connectivity index (χ3v) is 5.51. The molecule has 0 fully saturated rings. The Morgan fingerprint density at radius 3 is 2.53 bits per heavy atom. The second-order valence-electron chi connectivity index (χ2n) is 7.72. The highest BCUT2D eigenvalue weighted by Crippen LogP contribution is 2.45. The fraction of sp³-hybridized carbons (Fsp3) is 0.765. The zero-order chi connectivity index (χ0) is 14.3. The minimum absolute atomic E-state index is 0.224. The van der Waals surface area contributed by atoms with Gasteiger partial charge in [0.15, 0.2) is 0 Å². The van der Waals surface area contributed by atoms with Gasteiger partial charge in [-0.2, -0.15) is 0 Å². The lowest BCUT2D eigenvalue weighted by Crippen LogP contribution is -2.24. The lowest BCUT2D eigenvalue weighted by Gasteiger charge is -2.32. The van der Waals surface area contributed by atoms with Crippen molar-refractivity contribution in [1.82, 2.24) is 0 Å². The smallest absolute Gasteiger partial charge is 0.0434 e. The average molecular weight is 280 g/mol. The van der Waals surface area contributed by atoms with E-state index in [2.05, 4.69) is 34.6 Å². The summed E-state index contributed by atoms with van der Waals surface area (Å²) in [4.78, 5) is 3.15. The Morgan fingerprint density at radius 2 is 1.95 bits per heavy atom. The van der Waals surface area contributed by atoms with Crippen molar-refractivity contribution in [3.05, 3.63) is 20.9 Å². The van der Waals surface area contributed by atoms with Gasteiger partial charge in [0.05, 0.1) is 0 Å². The maximum Gasteiger partial charge on any atom is 0.0434 e. The van der Waals surface area contributed by atoms with E-state index >= 15 is 0 Å². The highest BCUT2D eigenvalue weighted by molar-refractivity contribution is 7.12. The van der Waals surface area contributed by atoms with Gasteiger partial charge in [0.1, 0.15) is 0 Å². The molecule has 0 aliphatic heterocycles. The molecule has 108 valence electrons. The Hall–Kier alpha value is -0.340. The van der Waals surface area contributed by atoms with Gasteiger partial charge in [-0.3, -0.25) is 0 Å². The van der Waals surface area contributed by atoms with Crippen molar-refractivity contribution in [1.29, 1.82) is 0 Å². The van der Waals surface area contributed by atoms with Crippen molar-refractivity contribution in [2.75, 3.05) is 6.61 Å². The van der Waals surface area contributed by atoms with Crippen LogP contribution in [0.1, 0.15) is 68.3 Å². The zero-order valence-corrected chi connectivity index (χ0v) is 13.9. The molecule has 1 aliphatic carbocycles. The summed E-state index contributed by atoms with van der Waals surface area (Å²) in [7, 11) is 0. The number of hydrogen-bond donors (Lipinski definition) is 1. The first-order valence-corrected chi connectivity index (χ1v) is 8.31. The monoisotopic (exact) mass is 280 g/mol. The number of aliphatic hydroxyl groups is 1. The summed E-state index contributed by atoms with van der Waals surface area (Å²) in [5.74, 6) is 0. The van der Waals surface area contributed by atoms with E-state index in [0.717, 1.165) is 12.8 Å². The van der Waals surface area contributed by atoms with Gasteiger partial charge >= 0.3 is 0 Å². The van der Waals surface area contributed by atoms with Gasteiger partial charge in [-0.1, -0.05) is 34.6 Å². The van der Waals surface area contributed by atoms with Crippen LogP contribution in [-0.4, -0.2) is 11.7 Å². The fourth-order valence-electron chi connectivity index (χ4n) is 3.26. The number of fused-ring (bicyclic) bond motifs is 1. The van der Waals surface area contributed by atoms with E-state index < -0.39 is 0 Å². The Labute approximate surface area is 122 Å². The van der Waals surface area contributed by atoms with Gasteiger partial charge in [0, 0.05) is 16.4 Å². The van der Waals surface area contributed by atoms with E-state index in [1.807, 2.05) is 11.3 Å². The molecule has 0 bridgehead atoms. The van der Waals surface area contributed by atoms with Crippen LogP contribution in [0, 0.1) is 5.41 Å². The van der Waals surface area contributed by atoms with Crippen molar-refractivity contribution in [3.8, 4) is 0 Å². The Kier molecular flexibility index (Phi) is 4.13. The van der Waals surface area contributed by atoms with Crippen LogP contribution in [0.4, 0.5) is 0 Å². The van der Waals surface area contributed by atoms with E-state index in [1.54, 1.807) is 16.0 Å². The normalized spacial score (nSPS) is 18.4. The number of aliphatic hydroxyl groups excluding tert-OH is 1. The minimum atomic E-state index is 0.224. The molecule has 0 radical (unpaired) electrons. The molecule has 1 N–H and O–H groups in total. The second kappa shape index (κ2) is 5.21. The topological polar surface area (TPSA) is 20.2 Å². The second-order valence-corrected chi connectivity index (χ2v) is 8.91. The molecular formula is C17H28OS. The zero-order valence-electron chi connectivity index (χ0n) is 13.1. The van der Waals surface area contributed by atoms with Crippen molar-refractivity contribution in [3.63, 3.8) is 0 Å². The van der Waals surface area contributed by atoms with Crippen molar-refractivity contribution in [2.45, 2.75) is 72.1 Å². The van der Waals surface area contributed by atoms with Crippen molar-refractivity contribution >= 4 is 11.3 Å². The molecule has 0 saturated heterocycles. The largest absolute Gasteiger partial charge is 0.396 e. The maximum atomic E-state index is 9.11. The van der Waals surface area contributed by atoms with E-state index in [0.29, 0.717) is 12.0 Å². The Bertz CT molecular complexity index is 449. The summed E-state index contributed by atoms with van der Waals surface area (Å²) < 4.78 is 0. The molecule has 0 atom stereocenters. The Morgan fingerprint density at radius 1 is 1.26 bits per heavy atom. The molecule has 1 nitrogen and oxygen atoms in total. The molecule has 0 unspecified atom stereocenters. The molecule has 1 aliphatic rings.